The monoisotopic (exact) mass is 320 g/mol. The Morgan fingerprint density at radius 2 is 1.95 bits per heavy atom. The average molecular weight is 321 g/mol. The van der Waals surface area contributed by atoms with Crippen LogP contribution in [0.25, 0.3) is 0 Å². The molecule has 5 heteroatoms. The zero-order valence-corrected chi connectivity index (χ0v) is 13.3. The predicted molar refractivity (Wildman–Crippen MR) is 88.1 cm³/mol. The second-order valence-corrected chi connectivity index (χ2v) is 5.57. The Morgan fingerprint density at radius 3 is 2.64 bits per heavy atom. The normalized spacial score (nSPS) is 11.8. The minimum Gasteiger partial charge on any atom is -0.370 e. The maximum absolute atomic E-state index is 13.6. The van der Waals surface area contributed by atoms with E-state index < -0.39 is 11.7 Å². The van der Waals surface area contributed by atoms with E-state index in [9.17, 15) is 9.18 Å². The summed E-state index contributed by atoms with van der Waals surface area (Å²) in [5.74, 6) is -1.04. The van der Waals surface area contributed by atoms with Crippen molar-refractivity contribution in [3.8, 4) is 0 Å². The van der Waals surface area contributed by atoms with Crippen LogP contribution in [0.1, 0.15) is 17.3 Å². The van der Waals surface area contributed by atoms with Gasteiger partial charge in [0.15, 0.2) is 0 Å². The molecule has 0 fully saturated rings. The summed E-state index contributed by atoms with van der Waals surface area (Å²) in [5.41, 5.74) is 1.01. The minimum absolute atomic E-state index is 0.0398. The summed E-state index contributed by atoms with van der Waals surface area (Å²) >= 11 is 5.80. The number of nitrogens with one attached hydrogen (secondary N) is 1. The molecule has 1 atom stereocenters. The lowest BCUT2D eigenvalue weighted by atomic mass is 10.2. The van der Waals surface area contributed by atoms with Crippen LogP contribution in [0.3, 0.4) is 0 Å². The second-order valence-electron chi connectivity index (χ2n) is 5.13. The standard InChI is InChI=1S/C17H18ClFN2O/c1-12(21(2)14-6-4-3-5-7-14)11-20-17(22)15-10-13(18)8-9-16(15)19/h3-10,12H,11H2,1-2H3,(H,20,22)/t12-/m0/s1. The number of rotatable bonds is 5. The van der Waals surface area contributed by atoms with E-state index in [1.807, 2.05) is 44.3 Å². The van der Waals surface area contributed by atoms with Crippen molar-refractivity contribution >= 4 is 23.2 Å². The number of hydrogen-bond acceptors (Lipinski definition) is 2. The molecule has 0 aliphatic rings. The Morgan fingerprint density at radius 1 is 1.27 bits per heavy atom. The molecule has 2 aromatic carbocycles. The van der Waals surface area contributed by atoms with Gasteiger partial charge < -0.3 is 10.2 Å². The largest absolute Gasteiger partial charge is 0.370 e. The molecule has 0 bridgehead atoms. The first-order valence-electron chi connectivity index (χ1n) is 7.00. The quantitative estimate of drug-likeness (QED) is 0.910. The summed E-state index contributed by atoms with van der Waals surface area (Å²) in [6, 6.07) is 13.9. The smallest absolute Gasteiger partial charge is 0.254 e. The van der Waals surface area contributed by atoms with Crippen molar-refractivity contribution in [1.82, 2.24) is 5.32 Å². The maximum atomic E-state index is 13.6. The molecular formula is C17H18ClFN2O. The highest BCUT2D eigenvalue weighted by Gasteiger charge is 2.15. The van der Waals surface area contributed by atoms with Gasteiger partial charge in [-0.1, -0.05) is 29.8 Å². The van der Waals surface area contributed by atoms with Crippen LogP contribution in [0.5, 0.6) is 0 Å². The highest BCUT2D eigenvalue weighted by molar-refractivity contribution is 6.31. The molecule has 116 valence electrons. The van der Waals surface area contributed by atoms with Crippen molar-refractivity contribution in [2.45, 2.75) is 13.0 Å². The minimum atomic E-state index is -0.578. The van der Waals surface area contributed by atoms with Gasteiger partial charge in [-0.05, 0) is 37.3 Å². The van der Waals surface area contributed by atoms with Gasteiger partial charge in [0.25, 0.3) is 5.91 Å². The summed E-state index contributed by atoms with van der Waals surface area (Å²) < 4.78 is 13.6. The molecule has 0 aliphatic carbocycles. The van der Waals surface area contributed by atoms with Crippen LogP contribution in [0, 0.1) is 5.82 Å². The van der Waals surface area contributed by atoms with Crippen LogP contribution in [-0.2, 0) is 0 Å². The van der Waals surface area contributed by atoms with E-state index in [1.165, 1.54) is 18.2 Å². The highest BCUT2D eigenvalue weighted by atomic mass is 35.5. The predicted octanol–water partition coefficient (Wildman–Crippen LogP) is 3.73. The van der Waals surface area contributed by atoms with E-state index in [0.717, 1.165) is 5.69 Å². The Labute approximate surface area is 134 Å². The molecular weight excluding hydrogens is 303 g/mol. The highest BCUT2D eigenvalue weighted by Crippen LogP contribution is 2.16. The fourth-order valence-corrected chi connectivity index (χ4v) is 2.23. The topological polar surface area (TPSA) is 32.3 Å². The van der Waals surface area contributed by atoms with E-state index in [2.05, 4.69) is 10.2 Å². The maximum Gasteiger partial charge on any atom is 0.254 e. The molecule has 0 saturated heterocycles. The lowest BCUT2D eigenvalue weighted by Gasteiger charge is -2.27. The molecule has 0 radical (unpaired) electrons. The molecule has 22 heavy (non-hydrogen) atoms. The summed E-state index contributed by atoms with van der Waals surface area (Å²) in [6.45, 7) is 2.39. The van der Waals surface area contributed by atoms with Crippen molar-refractivity contribution < 1.29 is 9.18 Å². The Kier molecular flexibility index (Phi) is 5.39. The van der Waals surface area contributed by atoms with Gasteiger partial charge in [0, 0.05) is 30.3 Å². The molecule has 1 N–H and O–H groups in total. The first-order valence-corrected chi connectivity index (χ1v) is 7.38. The van der Waals surface area contributed by atoms with Gasteiger partial charge in [0.2, 0.25) is 0 Å². The van der Waals surface area contributed by atoms with E-state index >= 15 is 0 Å². The molecule has 2 rings (SSSR count). The molecule has 3 nitrogen and oxygen atoms in total. The number of amides is 1. The SMILES string of the molecule is C[C@@H](CNC(=O)c1cc(Cl)ccc1F)N(C)c1ccccc1. The lowest BCUT2D eigenvalue weighted by molar-refractivity contribution is 0.0947. The number of halogens is 2. The summed E-state index contributed by atoms with van der Waals surface area (Å²) in [4.78, 5) is 14.1. The number of carbonyl (C=O) groups is 1. The second kappa shape index (κ2) is 7.27. The Bertz CT molecular complexity index is 648. The fourth-order valence-electron chi connectivity index (χ4n) is 2.06. The molecule has 1 amide bonds. The third-order valence-corrected chi connectivity index (χ3v) is 3.79. The summed E-state index contributed by atoms with van der Waals surface area (Å²) in [6.07, 6.45) is 0. The van der Waals surface area contributed by atoms with Crippen LogP contribution in [0.15, 0.2) is 48.5 Å². The number of nitrogens with zero attached hydrogens (tertiary/aromatic N) is 1. The van der Waals surface area contributed by atoms with Crippen molar-refractivity contribution in [2.75, 3.05) is 18.5 Å². The van der Waals surface area contributed by atoms with Crippen molar-refractivity contribution in [1.29, 1.82) is 0 Å². The van der Waals surface area contributed by atoms with Gasteiger partial charge in [-0.15, -0.1) is 0 Å². The van der Waals surface area contributed by atoms with Gasteiger partial charge in [-0.25, -0.2) is 4.39 Å². The van der Waals surface area contributed by atoms with Crippen LogP contribution < -0.4 is 10.2 Å². The Hall–Kier alpha value is -2.07. The first kappa shape index (κ1) is 16.3. The molecule has 0 aliphatic heterocycles. The van der Waals surface area contributed by atoms with Crippen molar-refractivity contribution in [3.63, 3.8) is 0 Å². The van der Waals surface area contributed by atoms with E-state index in [4.69, 9.17) is 11.6 Å². The van der Waals surface area contributed by atoms with Crippen LogP contribution in [0.4, 0.5) is 10.1 Å². The fraction of sp³-hybridized carbons (Fsp3) is 0.235. The zero-order chi connectivity index (χ0) is 16.1. The van der Waals surface area contributed by atoms with Crippen LogP contribution >= 0.6 is 11.6 Å². The van der Waals surface area contributed by atoms with E-state index in [-0.39, 0.29) is 11.6 Å². The van der Waals surface area contributed by atoms with Gasteiger partial charge in [0.05, 0.1) is 5.56 Å². The Balaban J connectivity index is 1.97. The molecule has 0 aromatic heterocycles. The molecule has 0 spiro atoms. The van der Waals surface area contributed by atoms with Gasteiger partial charge >= 0.3 is 0 Å². The number of carbonyl (C=O) groups excluding carboxylic acids is 1. The van der Waals surface area contributed by atoms with Gasteiger partial charge in [-0.3, -0.25) is 4.79 Å². The van der Waals surface area contributed by atoms with Gasteiger partial charge in [0.1, 0.15) is 5.82 Å². The van der Waals surface area contributed by atoms with Crippen LogP contribution in [-0.4, -0.2) is 25.5 Å². The average Bonchev–Trinajstić information content (AvgIpc) is 2.54. The molecule has 0 saturated carbocycles. The number of para-hydroxylation sites is 1. The third-order valence-electron chi connectivity index (χ3n) is 3.56. The molecule has 2 aromatic rings. The number of hydrogen-bond donors (Lipinski definition) is 1. The lowest BCUT2D eigenvalue weighted by Crippen LogP contribution is -2.40. The third kappa shape index (κ3) is 3.98. The molecule has 0 unspecified atom stereocenters. The van der Waals surface area contributed by atoms with Crippen molar-refractivity contribution in [3.05, 3.63) is 64.9 Å². The number of benzene rings is 2. The summed E-state index contributed by atoms with van der Waals surface area (Å²) in [7, 11) is 1.95. The first-order chi connectivity index (χ1) is 10.5. The summed E-state index contributed by atoms with van der Waals surface area (Å²) in [5, 5.41) is 3.07. The zero-order valence-electron chi connectivity index (χ0n) is 12.5. The van der Waals surface area contributed by atoms with Crippen LogP contribution in [0.2, 0.25) is 5.02 Å². The number of likely N-dealkylation sites (N-methyl/N-ethyl adjacent to an activating group) is 1. The van der Waals surface area contributed by atoms with E-state index in [1.54, 1.807) is 0 Å². The van der Waals surface area contributed by atoms with Crippen molar-refractivity contribution in [2.24, 2.45) is 0 Å². The van der Waals surface area contributed by atoms with Gasteiger partial charge in [-0.2, -0.15) is 0 Å². The number of anilines is 1. The van der Waals surface area contributed by atoms with E-state index in [0.29, 0.717) is 11.6 Å². The molecule has 0 heterocycles.